The van der Waals surface area contributed by atoms with Crippen molar-refractivity contribution in [2.24, 2.45) is 5.41 Å². The minimum absolute atomic E-state index is 0.330. The molecule has 0 amide bonds. The fraction of sp³-hybridized carbons (Fsp3) is 0.538. The van der Waals surface area contributed by atoms with Gasteiger partial charge in [-0.05, 0) is 35.8 Å². The van der Waals surface area contributed by atoms with E-state index in [1.54, 1.807) is 0 Å². The third-order valence-corrected chi connectivity index (χ3v) is 5.26. The smallest absolute Gasteiger partial charge is 0.0638 e. The van der Waals surface area contributed by atoms with E-state index in [9.17, 15) is 0 Å². The Labute approximate surface area is 121 Å². The summed E-state index contributed by atoms with van der Waals surface area (Å²) in [6.07, 6.45) is 1.25. The number of thioether (sulfide) groups is 1. The average molecular weight is 335 g/mol. The topological polar surface area (TPSA) is 12.0 Å². The van der Waals surface area contributed by atoms with E-state index >= 15 is 0 Å². The van der Waals surface area contributed by atoms with E-state index < -0.39 is 0 Å². The van der Waals surface area contributed by atoms with E-state index in [0.29, 0.717) is 11.5 Å². The Morgan fingerprint density at radius 1 is 1.47 bits per heavy atom. The van der Waals surface area contributed by atoms with Gasteiger partial charge in [0.2, 0.25) is 0 Å². The number of hydrogen-bond acceptors (Lipinski definition) is 2. The van der Waals surface area contributed by atoms with Crippen molar-refractivity contribution in [1.29, 1.82) is 0 Å². The number of nitrogens with one attached hydrogen (secondary N) is 1. The van der Waals surface area contributed by atoms with Crippen LogP contribution in [0.3, 0.4) is 0 Å². The molecule has 1 aliphatic rings. The molecule has 0 spiro atoms. The summed E-state index contributed by atoms with van der Waals surface area (Å²) in [4.78, 5) is 0. The van der Waals surface area contributed by atoms with Crippen molar-refractivity contribution in [3.05, 3.63) is 27.7 Å². The predicted octanol–water partition coefficient (Wildman–Crippen LogP) is 5.05. The van der Waals surface area contributed by atoms with Gasteiger partial charge < -0.3 is 5.32 Å². The maximum Gasteiger partial charge on any atom is 0.0638 e. The van der Waals surface area contributed by atoms with Gasteiger partial charge in [-0.1, -0.05) is 41.4 Å². The molecule has 4 heteroatoms. The summed E-state index contributed by atoms with van der Waals surface area (Å²) in [7, 11) is 0. The molecule has 17 heavy (non-hydrogen) atoms. The lowest BCUT2D eigenvalue weighted by Crippen LogP contribution is -2.41. The summed E-state index contributed by atoms with van der Waals surface area (Å²) >= 11 is 11.7. The fourth-order valence-electron chi connectivity index (χ4n) is 1.97. The lowest BCUT2D eigenvalue weighted by molar-refractivity contribution is 0.305. The van der Waals surface area contributed by atoms with E-state index in [0.717, 1.165) is 20.9 Å². The van der Waals surface area contributed by atoms with E-state index in [1.165, 1.54) is 12.2 Å². The van der Waals surface area contributed by atoms with Crippen LogP contribution in [0.2, 0.25) is 5.02 Å². The molecule has 0 bridgehead atoms. The molecule has 1 heterocycles. The minimum atomic E-state index is 0.330. The highest BCUT2D eigenvalue weighted by atomic mass is 79.9. The van der Waals surface area contributed by atoms with Crippen molar-refractivity contribution >= 4 is 45.0 Å². The molecule has 0 aromatic heterocycles. The van der Waals surface area contributed by atoms with Crippen LogP contribution in [0.15, 0.2) is 22.7 Å². The second-order valence-corrected chi connectivity index (χ2v) is 7.61. The Bertz CT molecular complexity index is 408. The van der Waals surface area contributed by atoms with Crippen LogP contribution in [0.5, 0.6) is 0 Å². The molecule has 1 nitrogen and oxygen atoms in total. The Kier molecular flexibility index (Phi) is 4.32. The third-order valence-electron chi connectivity index (χ3n) is 3.38. The van der Waals surface area contributed by atoms with Crippen LogP contribution >= 0.6 is 39.3 Å². The van der Waals surface area contributed by atoms with Crippen LogP contribution in [-0.2, 0) is 0 Å². The number of benzene rings is 1. The average Bonchev–Trinajstić information content (AvgIpc) is 2.26. The van der Waals surface area contributed by atoms with Gasteiger partial charge in [0.25, 0.3) is 0 Å². The summed E-state index contributed by atoms with van der Waals surface area (Å²) in [6.45, 7) is 4.66. The fourth-order valence-corrected chi connectivity index (χ4v) is 4.11. The monoisotopic (exact) mass is 333 g/mol. The second-order valence-electron chi connectivity index (χ2n) is 5.13. The summed E-state index contributed by atoms with van der Waals surface area (Å²) in [5.41, 5.74) is 1.36. The Hall–Kier alpha value is 0.140. The van der Waals surface area contributed by atoms with Crippen LogP contribution in [0.1, 0.15) is 20.3 Å². The molecule has 1 aliphatic heterocycles. The van der Waals surface area contributed by atoms with Gasteiger partial charge in [0.05, 0.1) is 10.7 Å². The van der Waals surface area contributed by atoms with Crippen LogP contribution < -0.4 is 5.32 Å². The van der Waals surface area contributed by atoms with Gasteiger partial charge in [0.15, 0.2) is 0 Å². The standard InChI is InChI=1S/C13H17BrClNS/c1-13(2)5-6-17-8-12(13)16-11-7-9(14)3-4-10(11)15/h3-4,7,12,16H,5-6,8H2,1-2H3. The number of rotatable bonds is 2. The SMILES string of the molecule is CC1(C)CCSCC1Nc1cc(Br)ccc1Cl. The summed E-state index contributed by atoms with van der Waals surface area (Å²) < 4.78 is 1.06. The van der Waals surface area contributed by atoms with Gasteiger partial charge in [0.1, 0.15) is 0 Å². The van der Waals surface area contributed by atoms with Gasteiger partial charge in [-0.2, -0.15) is 11.8 Å². The predicted molar refractivity (Wildman–Crippen MR) is 82.3 cm³/mol. The Morgan fingerprint density at radius 3 is 2.94 bits per heavy atom. The van der Waals surface area contributed by atoms with E-state index in [4.69, 9.17) is 11.6 Å². The highest BCUT2D eigenvalue weighted by molar-refractivity contribution is 9.10. The van der Waals surface area contributed by atoms with E-state index in [-0.39, 0.29) is 0 Å². The van der Waals surface area contributed by atoms with Gasteiger partial charge in [-0.15, -0.1) is 0 Å². The summed E-state index contributed by atoms with van der Waals surface area (Å²) in [5, 5.41) is 4.39. The molecule has 1 saturated heterocycles. The third kappa shape index (κ3) is 3.33. The molecule has 0 aliphatic carbocycles. The highest BCUT2D eigenvalue weighted by Gasteiger charge is 2.32. The number of anilines is 1. The normalized spacial score (nSPS) is 23.4. The molecule has 1 aromatic carbocycles. The lowest BCUT2D eigenvalue weighted by Gasteiger charge is -2.39. The van der Waals surface area contributed by atoms with Crippen molar-refractivity contribution < 1.29 is 0 Å². The van der Waals surface area contributed by atoms with Crippen LogP contribution in [0.25, 0.3) is 0 Å². The summed E-state index contributed by atoms with van der Waals surface area (Å²) in [6, 6.07) is 6.43. The molecule has 0 radical (unpaired) electrons. The van der Waals surface area contributed by atoms with Crippen LogP contribution in [-0.4, -0.2) is 17.5 Å². The molecule has 1 aromatic rings. The largest absolute Gasteiger partial charge is 0.380 e. The zero-order valence-electron chi connectivity index (χ0n) is 10.1. The van der Waals surface area contributed by atoms with Gasteiger partial charge in [-0.3, -0.25) is 0 Å². The van der Waals surface area contributed by atoms with Crippen LogP contribution in [0.4, 0.5) is 5.69 Å². The quantitative estimate of drug-likeness (QED) is 0.812. The maximum absolute atomic E-state index is 6.22. The Balaban J connectivity index is 2.16. The minimum Gasteiger partial charge on any atom is -0.380 e. The zero-order valence-corrected chi connectivity index (χ0v) is 13.3. The van der Waals surface area contributed by atoms with Crippen molar-refractivity contribution in [2.45, 2.75) is 26.3 Å². The number of halogens is 2. The van der Waals surface area contributed by atoms with Crippen LogP contribution in [0, 0.1) is 5.41 Å². The summed E-state index contributed by atoms with van der Waals surface area (Å²) in [5.74, 6) is 2.41. The lowest BCUT2D eigenvalue weighted by atomic mass is 9.82. The second kappa shape index (κ2) is 5.41. The molecular weight excluding hydrogens is 318 g/mol. The van der Waals surface area contributed by atoms with E-state index in [1.807, 2.05) is 23.9 Å². The zero-order chi connectivity index (χ0) is 12.5. The molecule has 1 fully saturated rings. The molecule has 0 saturated carbocycles. The maximum atomic E-state index is 6.22. The first-order chi connectivity index (χ1) is 7.99. The molecular formula is C13H17BrClNS. The first-order valence-electron chi connectivity index (χ1n) is 5.78. The van der Waals surface area contributed by atoms with Crippen molar-refractivity contribution in [2.75, 3.05) is 16.8 Å². The molecule has 2 rings (SSSR count). The first-order valence-corrected chi connectivity index (χ1v) is 8.11. The highest BCUT2D eigenvalue weighted by Crippen LogP contribution is 2.37. The number of hydrogen-bond donors (Lipinski definition) is 1. The molecule has 94 valence electrons. The van der Waals surface area contributed by atoms with Crippen molar-refractivity contribution in [3.8, 4) is 0 Å². The first kappa shape index (κ1) is 13.6. The Morgan fingerprint density at radius 2 is 2.24 bits per heavy atom. The van der Waals surface area contributed by atoms with Gasteiger partial charge in [-0.25, -0.2) is 0 Å². The van der Waals surface area contributed by atoms with Crippen molar-refractivity contribution in [1.82, 2.24) is 0 Å². The van der Waals surface area contributed by atoms with Gasteiger partial charge in [0, 0.05) is 16.3 Å². The molecule has 1 unspecified atom stereocenters. The van der Waals surface area contributed by atoms with Gasteiger partial charge >= 0.3 is 0 Å². The van der Waals surface area contributed by atoms with E-state index in [2.05, 4.69) is 41.2 Å². The molecule has 1 N–H and O–H groups in total. The van der Waals surface area contributed by atoms with Crippen molar-refractivity contribution in [3.63, 3.8) is 0 Å². The molecule has 1 atom stereocenters.